The highest BCUT2D eigenvalue weighted by atomic mass is 32.1. The van der Waals surface area contributed by atoms with E-state index in [4.69, 9.17) is 9.72 Å². The number of nitrogens with one attached hydrogen (secondary N) is 1. The van der Waals surface area contributed by atoms with Gasteiger partial charge in [-0.3, -0.25) is 0 Å². The summed E-state index contributed by atoms with van der Waals surface area (Å²) in [6, 6.07) is 0.476. The summed E-state index contributed by atoms with van der Waals surface area (Å²) >= 11 is 1.75. The zero-order valence-corrected chi connectivity index (χ0v) is 11.6. The standard InChI is InChI=1S/C13H22N2OS/c1-3-6-12(16-4-2)13-15-11(9-17-13)10-7-5-8-14-10/h9-10,12,14H,3-8H2,1-2H3/t10-,12?/m0/s1. The lowest BCUT2D eigenvalue weighted by Gasteiger charge is -2.13. The number of nitrogens with zero attached hydrogens (tertiary/aromatic N) is 1. The van der Waals surface area contributed by atoms with Crippen molar-refractivity contribution in [3.63, 3.8) is 0 Å². The lowest BCUT2D eigenvalue weighted by molar-refractivity contribution is 0.0554. The molecule has 1 aromatic rings. The van der Waals surface area contributed by atoms with Gasteiger partial charge in [-0.1, -0.05) is 13.3 Å². The fourth-order valence-electron chi connectivity index (χ4n) is 2.29. The average Bonchev–Trinajstić information content (AvgIpc) is 2.99. The van der Waals surface area contributed by atoms with E-state index in [0.717, 1.165) is 31.0 Å². The molecule has 96 valence electrons. The van der Waals surface area contributed by atoms with E-state index in [9.17, 15) is 0 Å². The molecule has 1 unspecified atom stereocenters. The van der Waals surface area contributed by atoms with Crippen LogP contribution in [0, 0.1) is 0 Å². The number of hydrogen-bond acceptors (Lipinski definition) is 4. The Morgan fingerprint density at radius 1 is 1.59 bits per heavy atom. The topological polar surface area (TPSA) is 34.1 Å². The molecule has 2 heterocycles. The third kappa shape index (κ3) is 3.27. The van der Waals surface area contributed by atoms with Gasteiger partial charge < -0.3 is 10.1 Å². The van der Waals surface area contributed by atoms with Crippen LogP contribution in [-0.2, 0) is 4.74 Å². The first-order valence-corrected chi connectivity index (χ1v) is 7.53. The normalized spacial score (nSPS) is 21.9. The quantitative estimate of drug-likeness (QED) is 0.844. The van der Waals surface area contributed by atoms with Gasteiger partial charge >= 0.3 is 0 Å². The Labute approximate surface area is 108 Å². The fourth-order valence-corrected chi connectivity index (χ4v) is 3.24. The maximum absolute atomic E-state index is 5.77. The van der Waals surface area contributed by atoms with Crippen LogP contribution < -0.4 is 5.32 Å². The Kier molecular flexibility index (Phi) is 4.95. The second-order valence-electron chi connectivity index (χ2n) is 4.49. The Bertz CT molecular complexity index is 328. The summed E-state index contributed by atoms with van der Waals surface area (Å²) in [5.74, 6) is 0. The van der Waals surface area contributed by atoms with E-state index in [1.165, 1.54) is 18.5 Å². The third-order valence-electron chi connectivity index (χ3n) is 3.15. The molecule has 1 fully saturated rings. The highest BCUT2D eigenvalue weighted by Crippen LogP contribution is 2.30. The predicted octanol–water partition coefficient (Wildman–Crippen LogP) is 3.45. The molecule has 1 saturated heterocycles. The number of aromatic nitrogens is 1. The van der Waals surface area contributed by atoms with Crippen LogP contribution in [0.2, 0.25) is 0 Å². The van der Waals surface area contributed by atoms with Gasteiger partial charge in [-0.25, -0.2) is 4.98 Å². The Morgan fingerprint density at radius 3 is 3.12 bits per heavy atom. The number of ether oxygens (including phenoxy) is 1. The second-order valence-corrected chi connectivity index (χ2v) is 5.38. The molecule has 0 aliphatic carbocycles. The molecule has 2 rings (SSSR count). The summed E-state index contributed by atoms with van der Waals surface area (Å²) in [6.07, 6.45) is 4.89. The van der Waals surface area contributed by atoms with E-state index in [0.29, 0.717) is 6.04 Å². The molecule has 0 aromatic carbocycles. The van der Waals surface area contributed by atoms with Crippen molar-refractivity contribution in [1.29, 1.82) is 0 Å². The molecule has 0 bridgehead atoms. The van der Waals surface area contributed by atoms with Crippen LogP contribution >= 0.6 is 11.3 Å². The van der Waals surface area contributed by atoms with Crippen molar-refractivity contribution in [2.45, 2.75) is 51.7 Å². The van der Waals surface area contributed by atoms with E-state index < -0.39 is 0 Å². The molecule has 17 heavy (non-hydrogen) atoms. The van der Waals surface area contributed by atoms with Crippen molar-refractivity contribution in [3.05, 3.63) is 16.1 Å². The molecule has 2 atom stereocenters. The first-order chi connectivity index (χ1) is 8.35. The fraction of sp³-hybridized carbons (Fsp3) is 0.769. The Balaban J connectivity index is 2.03. The van der Waals surface area contributed by atoms with Crippen LogP contribution in [0.15, 0.2) is 5.38 Å². The summed E-state index contributed by atoms with van der Waals surface area (Å²) < 4.78 is 5.77. The summed E-state index contributed by atoms with van der Waals surface area (Å²) in [4.78, 5) is 4.76. The first-order valence-electron chi connectivity index (χ1n) is 6.65. The molecular weight excluding hydrogens is 232 g/mol. The summed E-state index contributed by atoms with van der Waals surface area (Å²) in [5.41, 5.74) is 1.21. The number of rotatable bonds is 6. The van der Waals surface area contributed by atoms with Gasteiger partial charge in [0.05, 0.1) is 11.7 Å². The van der Waals surface area contributed by atoms with E-state index in [1.54, 1.807) is 11.3 Å². The molecule has 0 saturated carbocycles. The largest absolute Gasteiger partial charge is 0.371 e. The minimum atomic E-state index is 0.199. The highest BCUT2D eigenvalue weighted by molar-refractivity contribution is 7.09. The van der Waals surface area contributed by atoms with Crippen molar-refractivity contribution in [3.8, 4) is 0 Å². The molecule has 1 aliphatic heterocycles. The van der Waals surface area contributed by atoms with Crippen LogP contribution in [0.1, 0.15) is 62.4 Å². The van der Waals surface area contributed by atoms with Gasteiger partial charge in [0.15, 0.2) is 0 Å². The molecule has 1 aromatic heterocycles. The van der Waals surface area contributed by atoms with Crippen LogP contribution in [0.5, 0.6) is 0 Å². The zero-order valence-electron chi connectivity index (χ0n) is 10.7. The minimum Gasteiger partial charge on any atom is -0.371 e. The zero-order chi connectivity index (χ0) is 12.1. The van der Waals surface area contributed by atoms with Crippen molar-refractivity contribution in [2.24, 2.45) is 0 Å². The second kappa shape index (κ2) is 6.47. The first kappa shape index (κ1) is 13.0. The van der Waals surface area contributed by atoms with E-state index in [-0.39, 0.29) is 6.10 Å². The lowest BCUT2D eigenvalue weighted by atomic mass is 10.2. The number of hydrogen-bond donors (Lipinski definition) is 1. The van der Waals surface area contributed by atoms with Gasteiger partial charge in [0.25, 0.3) is 0 Å². The molecule has 0 radical (unpaired) electrons. The van der Waals surface area contributed by atoms with Crippen LogP contribution in [-0.4, -0.2) is 18.1 Å². The van der Waals surface area contributed by atoms with E-state index in [2.05, 4.69) is 24.5 Å². The third-order valence-corrected chi connectivity index (χ3v) is 4.11. The van der Waals surface area contributed by atoms with Gasteiger partial charge in [-0.05, 0) is 32.7 Å². The van der Waals surface area contributed by atoms with Crippen LogP contribution in [0.25, 0.3) is 0 Å². The predicted molar refractivity (Wildman–Crippen MR) is 71.4 cm³/mol. The maximum atomic E-state index is 5.77. The van der Waals surface area contributed by atoms with Gasteiger partial charge in [0.1, 0.15) is 11.1 Å². The van der Waals surface area contributed by atoms with Crippen molar-refractivity contribution in [2.75, 3.05) is 13.2 Å². The molecule has 1 N–H and O–H groups in total. The van der Waals surface area contributed by atoms with Gasteiger partial charge in [0.2, 0.25) is 0 Å². The van der Waals surface area contributed by atoms with Gasteiger partial charge in [-0.2, -0.15) is 0 Å². The lowest BCUT2D eigenvalue weighted by Crippen LogP contribution is -2.13. The summed E-state index contributed by atoms with van der Waals surface area (Å²) in [6.45, 7) is 6.14. The molecule has 0 amide bonds. The van der Waals surface area contributed by atoms with Crippen LogP contribution in [0.3, 0.4) is 0 Å². The monoisotopic (exact) mass is 254 g/mol. The molecule has 4 heteroatoms. The Hall–Kier alpha value is -0.450. The van der Waals surface area contributed by atoms with Gasteiger partial charge in [0, 0.05) is 12.0 Å². The van der Waals surface area contributed by atoms with E-state index >= 15 is 0 Å². The maximum Gasteiger partial charge on any atom is 0.122 e. The van der Waals surface area contributed by atoms with Crippen molar-refractivity contribution >= 4 is 11.3 Å². The average molecular weight is 254 g/mol. The SMILES string of the molecule is CCCC(OCC)c1nc([C@@H]2CCCN2)cs1. The van der Waals surface area contributed by atoms with Crippen molar-refractivity contribution < 1.29 is 4.74 Å². The number of thiazole rings is 1. The molecule has 1 aliphatic rings. The molecule has 3 nitrogen and oxygen atoms in total. The summed E-state index contributed by atoms with van der Waals surface area (Å²) in [5, 5.41) is 6.84. The molecule has 0 spiro atoms. The van der Waals surface area contributed by atoms with Crippen molar-refractivity contribution in [1.82, 2.24) is 10.3 Å². The summed E-state index contributed by atoms with van der Waals surface area (Å²) in [7, 11) is 0. The molecular formula is C13H22N2OS. The smallest absolute Gasteiger partial charge is 0.122 e. The minimum absolute atomic E-state index is 0.199. The Morgan fingerprint density at radius 2 is 2.47 bits per heavy atom. The van der Waals surface area contributed by atoms with Gasteiger partial charge in [-0.15, -0.1) is 11.3 Å². The van der Waals surface area contributed by atoms with E-state index in [1.807, 2.05) is 0 Å². The highest BCUT2D eigenvalue weighted by Gasteiger charge is 2.21. The van der Waals surface area contributed by atoms with Crippen LogP contribution in [0.4, 0.5) is 0 Å².